The van der Waals surface area contributed by atoms with Crippen LogP contribution in [0.5, 0.6) is 0 Å². The van der Waals surface area contributed by atoms with E-state index in [-0.39, 0.29) is 23.7 Å². The SMILES string of the molecule is CC(C)(C)c1ccc(NC(=O)CC(=O)NCc2cccnc2)cc1. The molecule has 0 aliphatic heterocycles. The van der Waals surface area contributed by atoms with E-state index >= 15 is 0 Å². The first-order chi connectivity index (χ1) is 11.3. The smallest absolute Gasteiger partial charge is 0.233 e. The first-order valence-corrected chi connectivity index (χ1v) is 7.90. The van der Waals surface area contributed by atoms with Gasteiger partial charge in [-0.2, -0.15) is 0 Å². The number of hydrogen-bond donors (Lipinski definition) is 2. The number of rotatable bonds is 5. The molecule has 1 heterocycles. The lowest BCUT2D eigenvalue weighted by atomic mass is 9.87. The van der Waals surface area contributed by atoms with Crippen LogP contribution in [-0.2, 0) is 21.5 Å². The van der Waals surface area contributed by atoms with Gasteiger partial charge in [-0.1, -0.05) is 39.0 Å². The Balaban J connectivity index is 1.81. The molecule has 0 atom stereocenters. The lowest BCUT2D eigenvalue weighted by Gasteiger charge is -2.19. The number of benzene rings is 1. The molecular formula is C19H23N3O2. The summed E-state index contributed by atoms with van der Waals surface area (Å²) in [6, 6.07) is 11.3. The van der Waals surface area contributed by atoms with Crippen LogP contribution >= 0.6 is 0 Å². The summed E-state index contributed by atoms with van der Waals surface area (Å²) in [6.45, 7) is 6.76. The molecule has 0 saturated carbocycles. The van der Waals surface area contributed by atoms with Crippen LogP contribution in [0.2, 0.25) is 0 Å². The maximum atomic E-state index is 11.9. The summed E-state index contributed by atoms with van der Waals surface area (Å²) >= 11 is 0. The molecule has 1 aromatic carbocycles. The average molecular weight is 325 g/mol. The highest BCUT2D eigenvalue weighted by Gasteiger charge is 2.14. The molecule has 1 aromatic heterocycles. The predicted octanol–water partition coefficient (Wildman–Crippen LogP) is 3.02. The van der Waals surface area contributed by atoms with Crippen LogP contribution < -0.4 is 10.6 Å². The Morgan fingerprint density at radius 2 is 1.75 bits per heavy atom. The van der Waals surface area contributed by atoms with Crippen LogP contribution in [-0.4, -0.2) is 16.8 Å². The highest BCUT2D eigenvalue weighted by molar-refractivity contribution is 6.03. The van der Waals surface area contributed by atoms with Crippen molar-refractivity contribution in [3.05, 3.63) is 59.9 Å². The van der Waals surface area contributed by atoms with E-state index in [4.69, 9.17) is 0 Å². The molecule has 24 heavy (non-hydrogen) atoms. The number of nitrogens with zero attached hydrogens (tertiary/aromatic N) is 1. The van der Waals surface area contributed by atoms with Gasteiger partial charge in [-0.05, 0) is 34.7 Å². The lowest BCUT2D eigenvalue weighted by Crippen LogP contribution is -2.27. The van der Waals surface area contributed by atoms with Gasteiger partial charge in [0, 0.05) is 24.6 Å². The minimum atomic E-state index is -0.331. The Labute approximate surface area is 142 Å². The van der Waals surface area contributed by atoms with Crippen molar-refractivity contribution in [1.82, 2.24) is 10.3 Å². The number of carbonyl (C=O) groups excluding carboxylic acids is 2. The molecule has 0 aliphatic rings. The first-order valence-electron chi connectivity index (χ1n) is 7.90. The Kier molecular flexibility index (Phi) is 5.68. The Bertz CT molecular complexity index is 689. The van der Waals surface area contributed by atoms with Crippen molar-refractivity contribution in [2.75, 3.05) is 5.32 Å². The van der Waals surface area contributed by atoms with E-state index in [1.807, 2.05) is 30.3 Å². The van der Waals surface area contributed by atoms with E-state index in [0.29, 0.717) is 12.2 Å². The molecule has 0 bridgehead atoms. The molecule has 126 valence electrons. The zero-order valence-electron chi connectivity index (χ0n) is 14.3. The van der Waals surface area contributed by atoms with Crippen LogP contribution in [0.25, 0.3) is 0 Å². The van der Waals surface area contributed by atoms with E-state index in [9.17, 15) is 9.59 Å². The molecule has 2 rings (SSSR count). The molecule has 5 nitrogen and oxygen atoms in total. The number of carbonyl (C=O) groups is 2. The number of amides is 2. The Morgan fingerprint density at radius 3 is 2.33 bits per heavy atom. The largest absolute Gasteiger partial charge is 0.352 e. The standard InChI is InChI=1S/C19H23N3O2/c1-19(2,3)15-6-8-16(9-7-15)22-18(24)11-17(23)21-13-14-5-4-10-20-12-14/h4-10,12H,11,13H2,1-3H3,(H,21,23)(H,22,24). The fourth-order valence-electron chi connectivity index (χ4n) is 2.17. The summed E-state index contributed by atoms with van der Waals surface area (Å²) in [6.07, 6.45) is 3.14. The maximum absolute atomic E-state index is 11.9. The Morgan fingerprint density at radius 1 is 1.04 bits per heavy atom. The highest BCUT2D eigenvalue weighted by atomic mass is 16.2. The van der Waals surface area contributed by atoms with Gasteiger partial charge in [-0.15, -0.1) is 0 Å². The van der Waals surface area contributed by atoms with Gasteiger partial charge in [0.05, 0.1) is 0 Å². The summed E-state index contributed by atoms with van der Waals surface area (Å²) in [5.74, 6) is -0.648. The van der Waals surface area contributed by atoms with Crippen molar-refractivity contribution in [3.8, 4) is 0 Å². The molecule has 0 spiro atoms. The van der Waals surface area contributed by atoms with Crippen LogP contribution in [0.3, 0.4) is 0 Å². The summed E-state index contributed by atoms with van der Waals surface area (Å²) in [5.41, 5.74) is 2.83. The third kappa shape index (κ3) is 5.50. The monoisotopic (exact) mass is 325 g/mol. The average Bonchev–Trinajstić information content (AvgIpc) is 2.53. The molecular weight excluding hydrogens is 302 g/mol. The number of pyridine rings is 1. The summed E-state index contributed by atoms with van der Waals surface area (Å²) in [7, 11) is 0. The number of anilines is 1. The van der Waals surface area contributed by atoms with Gasteiger partial charge < -0.3 is 10.6 Å². The van der Waals surface area contributed by atoms with Gasteiger partial charge in [0.2, 0.25) is 11.8 Å². The first kappa shape index (κ1) is 17.7. The van der Waals surface area contributed by atoms with Gasteiger partial charge in [0.25, 0.3) is 0 Å². The van der Waals surface area contributed by atoms with E-state index in [0.717, 1.165) is 5.56 Å². The van der Waals surface area contributed by atoms with Crippen molar-refractivity contribution in [2.45, 2.75) is 39.2 Å². The number of nitrogens with one attached hydrogen (secondary N) is 2. The Hall–Kier alpha value is -2.69. The molecule has 0 fully saturated rings. The third-order valence-corrected chi connectivity index (χ3v) is 3.57. The van der Waals surface area contributed by atoms with Gasteiger partial charge in [-0.25, -0.2) is 0 Å². The molecule has 2 amide bonds. The number of hydrogen-bond acceptors (Lipinski definition) is 3. The van der Waals surface area contributed by atoms with E-state index in [2.05, 4.69) is 36.4 Å². The third-order valence-electron chi connectivity index (χ3n) is 3.57. The van der Waals surface area contributed by atoms with Crippen molar-refractivity contribution < 1.29 is 9.59 Å². The second-order valence-corrected chi connectivity index (χ2v) is 6.69. The molecule has 2 N–H and O–H groups in total. The summed E-state index contributed by atoms with van der Waals surface area (Å²) in [4.78, 5) is 27.7. The second-order valence-electron chi connectivity index (χ2n) is 6.69. The molecule has 0 aliphatic carbocycles. The molecule has 0 unspecified atom stereocenters. The zero-order valence-corrected chi connectivity index (χ0v) is 14.3. The van der Waals surface area contributed by atoms with Crippen molar-refractivity contribution >= 4 is 17.5 Å². The van der Waals surface area contributed by atoms with Crippen LogP contribution in [0.15, 0.2) is 48.8 Å². The number of aromatic nitrogens is 1. The fraction of sp³-hybridized carbons (Fsp3) is 0.316. The second kappa shape index (κ2) is 7.73. The molecule has 0 radical (unpaired) electrons. The van der Waals surface area contributed by atoms with Crippen molar-refractivity contribution in [2.24, 2.45) is 0 Å². The topological polar surface area (TPSA) is 71.1 Å². The highest BCUT2D eigenvalue weighted by Crippen LogP contribution is 2.23. The van der Waals surface area contributed by atoms with E-state index < -0.39 is 0 Å². The predicted molar refractivity (Wildman–Crippen MR) is 94.5 cm³/mol. The van der Waals surface area contributed by atoms with Gasteiger partial charge >= 0.3 is 0 Å². The lowest BCUT2D eigenvalue weighted by molar-refractivity contribution is -0.126. The van der Waals surface area contributed by atoms with Crippen LogP contribution in [0.4, 0.5) is 5.69 Å². The summed E-state index contributed by atoms with van der Waals surface area (Å²) < 4.78 is 0. The van der Waals surface area contributed by atoms with Crippen molar-refractivity contribution in [3.63, 3.8) is 0 Å². The van der Waals surface area contributed by atoms with Gasteiger partial charge in [0.15, 0.2) is 0 Å². The van der Waals surface area contributed by atoms with Crippen molar-refractivity contribution in [1.29, 1.82) is 0 Å². The normalized spacial score (nSPS) is 11.0. The van der Waals surface area contributed by atoms with Gasteiger partial charge in [0.1, 0.15) is 6.42 Å². The zero-order chi connectivity index (χ0) is 17.6. The molecule has 0 saturated heterocycles. The summed E-state index contributed by atoms with van der Waals surface area (Å²) in [5, 5.41) is 5.44. The van der Waals surface area contributed by atoms with Crippen LogP contribution in [0, 0.1) is 0 Å². The van der Waals surface area contributed by atoms with E-state index in [1.165, 1.54) is 5.56 Å². The minimum absolute atomic E-state index is 0.0642. The van der Waals surface area contributed by atoms with Crippen LogP contribution in [0.1, 0.15) is 38.3 Å². The molecule has 2 aromatic rings. The fourth-order valence-corrected chi connectivity index (χ4v) is 2.17. The van der Waals surface area contributed by atoms with E-state index in [1.54, 1.807) is 18.5 Å². The maximum Gasteiger partial charge on any atom is 0.233 e. The quantitative estimate of drug-likeness (QED) is 0.830. The minimum Gasteiger partial charge on any atom is -0.352 e. The van der Waals surface area contributed by atoms with Gasteiger partial charge in [-0.3, -0.25) is 14.6 Å². The molecule has 5 heteroatoms.